The number of benzene rings is 2. The number of para-hydroxylation sites is 2. The lowest BCUT2D eigenvalue weighted by molar-refractivity contribution is -0.119. The highest BCUT2D eigenvalue weighted by molar-refractivity contribution is 6.04. The Balaban J connectivity index is 1.97. The standard InChI is InChI=1S/C22H27N3O5/c1-15(2)13-24-21(28)16-7-3-6-10-19(16)25-20(27)14-30-22(29)17-8-4-5-9-18(17)23-11-12-26/h3-10,15,23,26H,11-14H2,1-2H3,(H,24,28)(H,25,27). The van der Waals surface area contributed by atoms with Crippen molar-refractivity contribution in [2.45, 2.75) is 13.8 Å². The summed E-state index contributed by atoms with van der Waals surface area (Å²) in [7, 11) is 0. The fourth-order valence-corrected chi connectivity index (χ4v) is 2.58. The Hall–Kier alpha value is -3.39. The number of aliphatic hydroxyl groups excluding tert-OH is 1. The number of esters is 1. The first-order valence-electron chi connectivity index (χ1n) is 9.70. The number of rotatable bonds is 10. The molecule has 0 aromatic heterocycles. The van der Waals surface area contributed by atoms with Gasteiger partial charge in [-0.05, 0) is 30.2 Å². The molecule has 0 aliphatic carbocycles. The lowest BCUT2D eigenvalue weighted by Crippen LogP contribution is -2.29. The lowest BCUT2D eigenvalue weighted by Gasteiger charge is -2.13. The molecule has 8 nitrogen and oxygen atoms in total. The average molecular weight is 413 g/mol. The summed E-state index contributed by atoms with van der Waals surface area (Å²) in [6.07, 6.45) is 0. The van der Waals surface area contributed by atoms with Crippen LogP contribution in [0.2, 0.25) is 0 Å². The SMILES string of the molecule is CC(C)CNC(=O)c1ccccc1NC(=O)COC(=O)c1ccccc1NCCO. The van der Waals surface area contributed by atoms with E-state index in [4.69, 9.17) is 9.84 Å². The summed E-state index contributed by atoms with van der Waals surface area (Å²) in [5.74, 6) is -1.23. The number of nitrogens with one attached hydrogen (secondary N) is 3. The van der Waals surface area contributed by atoms with Crippen molar-refractivity contribution in [3.8, 4) is 0 Å². The Morgan fingerprint density at radius 2 is 1.60 bits per heavy atom. The summed E-state index contributed by atoms with van der Waals surface area (Å²) in [4.78, 5) is 37.0. The van der Waals surface area contributed by atoms with Crippen LogP contribution >= 0.6 is 0 Å². The topological polar surface area (TPSA) is 117 Å². The molecule has 2 aromatic rings. The van der Waals surface area contributed by atoms with Crippen molar-refractivity contribution >= 4 is 29.2 Å². The monoisotopic (exact) mass is 413 g/mol. The maximum absolute atomic E-state index is 12.4. The molecule has 0 bridgehead atoms. The van der Waals surface area contributed by atoms with Crippen molar-refractivity contribution in [2.24, 2.45) is 5.92 Å². The summed E-state index contributed by atoms with van der Waals surface area (Å²) >= 11 is 0. The minimum Gasteiger partial charge on any atom is -0.452 e. The van der Waals surface area contributed by atoms with E-state index < -0.39 is 18.5 Å². The van der Waals surface area contributed by atoms with Gasteiger partial charge in [-0.25, -0.2) is 4.79 Å². The molecule has 0 radical (unpaired) electrons. The van der Waals surface area contributed by atoms with E-state index in [0.717, 1.165) is 0 Å². The predicted molar refractivity (Wildman–Crippen MR) is 115 cm³/mol. The summed E-state index contributed by atoms with van der Waals surface area (Å²) in [5.41, 5.74) is 1.43. The van der Waals surface area contributed by atoms with Gasteiger partial charge in [-0.1, -0.05) is 38.1 Å². The van der Waals surface area contributed by atoms with Gasteiger partial charge in [0.1, 0.15) is 0 Å². The zero-order valence-electron chi connectivity index (χ0n) is 17.1. The summed E-state index contributed by atoms with van der Waals surface area (Å²) in [5, 5.41) is 17.3. The maximum Gasteiger partial charge on any atom is 0.340 e. The lowest BCUT2D eigenvalue weighted by atomic mass is 10.1. The Morgan fingerprint density at radius 3 is 2.27 bits per heavy atom. The number of ether oxygens (including phenoxy) is 1. The van der Waals surface area contributed by atoms with Crippen LogP contribution in [-0.2, 0) is 9.53 Å². The van der Waals surface area contributed by atoms with E-state index in [2.05, 4.69) is 16.0 Å². The third-order valence-electron chi connectivity index (χ3n) is 4.03. The van der Waals surface area contributed by atoms with Crippen LogP contribution in [-0.4, -0.2) is 49.2 Å². The van der Waals surface area contributed by atoms with Gasteiger partial charge in [0.15, 0.2) is 6.61 Å². The molecule has 0 saturated heterocycles. The van der Waals surface area contributed by atoms with E-state index >= 15 is 0 Å². The van der Waals surface area contributed by atoms with Crippen LogP contribution in [0.15, 0.2) is 48.5 Å². The molecule has 4 N–H and O–H groups in total. The van der Waals surface area contributed by atoms with Crippen LogP contribution in [0.5, 0.6) is 0 Å². The van der Waals surface area contributed by atoms with Crippen molar-refractivity contribution in [1.29, 1.82) is 0 Å². The van der Waals surface area contributed by atoms with E-state index in [1.54, 1.807) is 48.5 Å². The third kappa shape index (κ3) is 6.89. The first-order valence-corrected chi connectivity index (χ1v) is 9.70. The van der Waals surface area contributed by atoms with Crippen LogP contribution in [0.1, 0.15) is 34.6 Å². The molecule has 0 unspecified atom stereocenters. The third-order valence-corrected chi connectivity index (χ3v) is 4.03. The zero-order valence-corrected chi connectivity index (χ0v) is 17.1. The Bertz CT molecular complexity index is 883. The fourth-order valence-electron chi connectivity index (χ4n) is 2.58. The van der Waals surface area contributed by atoms with Crippen LogP contribution < -0.4 is 16.0 Å². The molecular formula is C22H27N3O5. The minimum atomic E-state index is -0.672. The van der Waals surface area contributed by atoms with Crippen molar-refractivity contribution in [1.82, 2.24) is 5.32 Å². The van der Waals surface area contributed by atoms with E-state index in [-0.39, 0.29) is 24.6 Å². The molecule has 0 fully saturated rings. The molecule has 0 aliphatic rings. The summed E-state index contributed by atoms with van der Waals surface area (Å²) in [6.45, 7) is 4.17. The van der Waals surface area contributed by atoms with Crippen LogP contribution in [0, 0.1) is 5.92 Å². The van der Waals surface area contributed by atoms with Gasteiger partial charge in [0.2, 0.25) is 0 Å². The maximum atomic E-state index is 12.4. The molecule has 160 valence electrons. The zero-order chi connectivity index (χ0) is 21.9. The van der Waals surface area contributed by atoms with Crippen LogP contribution in [0.4, 0.5) is 11.4 Å². The molecule has 2 amide bonds. The second kappa shape index (κ2) is 11.6. The quantitative estimate of drug-likeness (QED) is 0.444. The highest BCUT2D eigenvalue weighted by atomic mass is 16.5. The van der Waals surface area contributed by atoms with Gasteiger partial charge in [0, 0.05) is 18.8 Å². The highest BCUT2D eigenvalue weighted by Gasteiger charge is 2.16. The van der Waals surface area contributed by atoms with Crippen molar-refractivity contribution < 1.29 is 24.2 Å². The van der Waals surface area contributed by atoms with Gasteiger partial charge in [0.05, 0.1) is 23.4 Å². The van der Waals surface area contributed by atoms with E-state index in [1.165, 1.54) is 0 Å². The Labute approximate surface area is 175 Å². The normalized spacial score (nSPS) is 10.4. The molecular weight excluding hydrogens is 386 g/mol. The fraction of sp³-hybridized carbons (Fsp3) is 0.318. The Morgan fingerprint density at radius 1 is 0.967 bits per heavy atom. The largest absolute Gasteiger partial charge is 0.452 e. The van der Waals surface area contributed by atoms with Crippen molar-refractivity contribution in [3.63, 3.8) is 0 Å². The number of carbonyl (C=O) groups excluding carboxylic acids is 3. The molecule has 8 heteroatoms. The first kappa shape index (κ1) is 22.9. The van der Waals surface area contributed by atoms with Crippen LogP contribution in [0.25, 0.3) is 0 Å². The first-order chi connectivity index (χ1) is 14.4. The van der Waals surface area contributed by atoms with Crippen molar-refractivity contribution in [3.05, 3.63) is 59.7 Å². The highest BCUT2D eigenvalue weighted by Crippen LogP contribution is 2.17. The number of anilines is 2. The molecule has 30 heavy (non-hydrogen) atoms. The smallest absolute Gasteiger partial charge is 0.340 e. The average Bonchev–Trinajstić information content (AvgIpc) is 2.75. The van der Waals surface area contributed by atoms with E-state index in [1.807, 2.05) is 13.8 Å². The van der Waals surface area contributed by atoms with Gasteiger partial charge in [-0.3, -0.25) is 9.59 Å². The molecule has 0 spiro atoms. The van der Waals surface area contributed by atoms with Gasteiger partial charge >= 0.3 is 5.97 Å². The van der Waals surface area contributed by atoms with E-state index in [0.29, 0.717) is 29.4 Å². The van der Waals surface area contributed by atoms with Crippen LogP contribution in [0.3, 0.4) is 0 Å². The number of hydrogen-bond acceptors (Lipinski definition) is 6. The number of carbonyl (C=O) groups is 3. The predicted octanol–water partition coefficient (Wildman–Crippen LogP) is 2.27. The molecule has 2 aromatic carbocycles. The summed E-state index contributed by atoms with van der Waals surface area (Å²) in [6, 6.07) is 13.3. The minimum absolute atomic E-state index is 0.0874. The van der Waals surface area contributed by atoms with Crippen molar-refractivity contribution in [2.75, 3.05) is 36.9 Å². The van der Waals surface area contributed by atoms with Gasteiger partial charge in [-0.2, -0.15) is 0 Å². The number of hydrogen-bond donors (Lipinski definition) is 4. The van der Waals surface area contributed by atoms with Gasteiger partial charge < -0.3 is 25.8 Å². The summed E-state index contributed by atoms with van der Waals surface area (Å²) < 4.78 is 5.11. The molecule has 0 heterocycles. The molecule has 2 rings (SSSR count). The molecule has 0 saturated carbocycles. The number of aliphatic hydroxyl groups is 1. The second-order valence-electron chi connectivity index (χ2n) is 6.97. The van der Waals surface area contributed by atoms with E-state index in [9.17, 15) is 14.4 Å². The number of amides is 2. The second-order valence-corrected chi connectivity index (χ2v) is 6.97. The molecule has 0 atom stereocenters. The molecule has 0 aliphatic heterocycles. The van der Waals surface area contributed by atoms with Gasteiger partial charge in [0.25, 0.3) is 11.8 Å². The Kier molecular flexibility index (Phi) is 8.83. The van der Waals surface area contributed by atoms with Gasteiger partial charge in [-0.15, -0.1) is 0 Å².